The third-order valence-electron chi connectivity index (χ3n) is 2.17. The number of hydrogen-bond acceptors (Lipinski definition) is 2. The fraction of sp³-hybridized carbons (Fsp3) is 0.200. The maximum Gasteiger partial charge on any atom is 0.228 e. The molecule has 1 N–H and O–H groups in total. The topological polar surface area (TPSA) is 46.2 Å². The van der Waals surface area contributed by atoms with Crippen LogP contribution in [-0.4, -0.2) is 11.7 Å². The predicted octanol–water partition coefficient (Wildman–Crippen LogP) is 1.38. The van der Waals surface area contributed by atoms with Gasteiger partial charge in [-0.3, -0.25) is 9.59 Å². The van der Waals surface area contributed by atoms with Crippen LogP contribution in [0.2, 0.25) is 0 Å². The van der Waals surface area contributed by atoms with Gasteiger partial charge in [-0.15, -0.1) is 0 Å². The van der Waals surface area contributed by atoms with Crippen molar-refractivity contribution in [2.75, 3.05) is 5.32 Å². The van der Waals surface area contributed by atoms with E-state index in [4.69, 9.17) is 0 Å². The van der Waals surface area contributed by atoms with Crippen molar-refractivity contribution in [3.05, 3.63) is 29.3 Å². The summed E-state index contributed by atoms with van der Waals surface area (Å²) in [7, 11) is 0. The zero-order chi connectivity index (χ0) is 9.42. The van der Waals surface area contributed by atoms with E-state index in [1.165, 1.54) is 6.92 Å². The van der Waals surface area contributed by atoms with E-state index < -0.39 is 0 Å². The number of fused-ring (bicyclic) bond motifs is 1. The summed E-state index contributed by atoms with van der Waals surface area (Å²) in [4.78, 5) is 22.2. The maximum absolute atomic E-state index is 11.2. The van der Waals surface area contributed by atoms with Crippen LogP contribution < -0.4 is 5.32 Å². The molecule has 1 heterocycles. The molecule has 1 aliphatic heterocycles. The number of benzene rings is 1. The molecule has 0 unspecified atom stereocenters. The second kappa shape index (κ2) is 2.69. The van der Waals surface area contributed by atoms with Crippen LogP contribution >= 0.6 is 0 Å². The fourth-order valence-corrected chi connectivity index (χ4v) is 1.58. The Balaban J connectivity index is 2.57. The Bertz CT molecular complexity index is 396. The lowest BCUT2D eigenvalue weighted by molar-refractivity contribution is -0.115. The first kappa shape index (κ1) is 7.98. The molecule has 2 rings (SSSR count). The highest BCUT2D eigenvalue weighted by Gasteiger charge is 2.21. The monoisotopic (exact) mass is 175 g/mol. The van der Waals surface area contributed by atoms with E-state index in [1.54, 1.807) is 12.1 Å². The molecule has 1 aromatic rings. The minimum absolute atomic E-state index is 0.00773. The number of anilines is 1. The Morgan fingerprint density at radius 2 is 2.23 bits per heavy atom. The van der Waals surface area contributed by atoms with E-state index in [2.05, 4.69) is 5.32 Å². The first-order valence-corrected chi connectivity index (χ1v) is 4.11. The summed E-state index contributed by atoms with van der Waals surface area (Å²) in [5.41, 5.74) is 2.26. The van der Waals surface area contributed by atoms with Crippen molar-refractivity contribution in [1.29, 1.82) is 0 Å². The van der Waals surface area contributed by atoms with Crippen LogP contribution in [0.25, 0.3) is 0 Å². The van der Waals surface area contributed by atoms with Crippen molar-refractivity contribution in [3.63, 3.8) is 0 Å². The van der Waals surface area contributed by atoms with E-state index in [0.717, 1.165) is 11.3 Å². The zero-order valence-electron chi connectivity index (χ0n) is 7.26. The van der Waals surface area contributed by atoms with Crippen molar-refractivity contribution in [2.24, 2.45) is 0 Å². The lowest BCUT2D eigenvalue weighted by atomic mass is 10.0. The van der Waals surface area contributed by atoms with Gasteiger partial charge < -0.3 is 5.32 Å². The van der Waals surface area contributed by atoms with Gasteiger partial charge in [0.25, 0.3) is 0 Å². The van der Waals surface area contributed by atoms with E-state index in [0.29, 0.717) is 12.0 Å². The number of ketones is 1. The summed E-state index contributed by atoms with van der Waals surface area (Å²) < 4.78 is 0. The summed E-state index contributed by atoms with van der Waals surface area (Å²) in [5.74, 6) is -0.0305. The number of carbonyl (C=O) groups is 2. The largest absolute Gasteiger partial charge is 0.326 e. The van der Waals surface area contributed by atoms with E-state index in [9.17, 15) is 9.59 Å². The molecule has 0 saturated carbocycles. The summed E-state index contributed by atoms with van der Waals surface area (Å²) in [6.07, 6.45) is 0.324. The summed E-state index contributed by atoms with van der Waals surface area (Å²) in [6, 6.07) is 5.34. The van der Waals surface area contributed by atoms with Crippen molar-refractivity contribution >= 4 is 17.4 Å². The SMILES string of the molecule is CC(=O)c1cccc2c1CC(=O)N2. The van der Waals surface area contributed by atoms with Crippen LogP contribution in [0.15, 0.2) is 18.2 Å². The number of rotatable bonds is 1. The molecule has 0 bridgehead atoms. The lowest BCUT2D eigenvalue weighted by Crippen LogP contribution is -2.03. The molecule has 1 amide bonds. The van der Waals surface area contributed by atoms with Crippen molar-refractivity contribution in [2.45, 2.75) is 13.3 Å². The standard InChI is InChI=1S/C10H9NO2/c1-6(12)7-3-2-4-9-8(7)5-10(13)11-9/h2-4H,5H2,1H3,(H,11,13). The Labute approximate surface area is 75.8 Å². The van der Waals surface area contributed by atoms with Crippen LogP contribution in [-0.2, 0) is 11.2 Å². The number of amides is 1. The van der Waals surface area contributed by atoms with Crippen LogP contribution in [0.1, 0.15) is 22.8 Å². The average Bonchev–Trinajstić information content (AvgIpc) is 2.43. The second-order valence-electron chi connectivity index (χ2n) is 3.11. The molecule has 0 atom stereocenters. The van der Waals surface area contributed by atoms with Crippen molar-refractivity contribution < 1.29 is 9.59 Å². The number of nitrogens with one attached hydrogen (secondary N) is 1. The van der Waals surface area contributed by atoms with Crippen LogP contribution in [0.4, 0.5) is 5.69 Å². The Morgan fingerprint density at radius 1 is 1.46 bits per heavy atom. The van der Waals surface area contributed by atoms with Gasteiger partial charge in [-0.1, -0.05) is 12.1 Å². The molecule has 3 heteroatoms. The van der Waals surface area contributed by atoms with Gasteiger partial charge >= 0.3 is 0 Å². The molecule has 0 saturated heterocycles. The molecule has 66 valence electrons. The summed E-state index contributed by atoms with van der Waals surface area (Å²) in [6.45, 7) is 1.51. The van der Waals surface area contributed by atoms with Gasteiger partial charge in [0.1, 0.15) is 0 Å². The molecular formula is C10H9NO2. The molecule has 0 spiro atoms. The van der Waals surface area contributed by atoms with Gasteiger partial charge in [-0.25, -0.2) is 0 Å². The molecule has 1 aromatic carbocycles. The van der Waals surface area contributed by atoms with Gasteiger partial charge in [-0.05, 0) is 18.6 Å². The zero-order valence-corrected chi connectivity index (χ0v) is 7.26. The van der Waals surface area contributed by atoms with E-state index in [-0.39, 0.29) is 11.7 Å². The molecule has 0 aliphatic carbocycles. The second-order valence-corrected chi connectivity index (χ2v) is 3.11. The van der Waals surface area contributed by atoms with Gasteiger partial charge in [0, 0.05) is 11.3 Å². The predicted molar refractivity (Wildman–Crippen MR) is 48.8 cm³/mol. The highest BCUT2D eigenvalue weighted by atomic mass is 16.2. The minimum Gasteiger partial charge on any atom is -0.326 e. The van der Waals surface area contributed by atoms with Crippen LogP contribution in [0.3, 0.4) is 0 Å². The van der Waals surface area contributed by atoms with Crippen LogP contribution in [0.5, 0.6) is 0 Å². The fourth-order valence-electron chi connectivity index (χ4n) is 1.58. The number of carbonyl (C=O) groups excluding carboxylic acids is 2. The molecular weight excluding hydrogens is 166 g/mol. The quantitative estimate of drug-likeness (QED) is 0.655. The molecule has 0 aromatic heterocycles. The molecule has 0 radical (unpaired) electrons. The molecule has 1 aliphatic rings. The van der Waals surface area contributed by atoms with Crippen molar-refractivity contribution in [1.82, 2.24) is 0 Å². The summed E-state index contributed by atoms with van der Waals surface area (Å²) >= 11 is 0. The van der Waals surface area contributed by atoms with Crippen LogP contribution in [0, 0.1) is 0 Å². The third kappa shape index (κ3) is 1.22. The normalized spacial score (nSPS) is 13.8. The molecule has 13 heavy (non-hydrogen) atoms. The Hall–Kier alpha value is -1.64. The first-order valence-electron chi connectivity index (χ1n) is 4.11. The maximum atomic E-state index is 11.2. The lowest BCUT2D eigenvalue weighted by Gasteiger charge is -2.02. The highest BCUT2D eigenvalue weighted by Crippen LogP contribution is 2.26. The van der Waals surface area contributed by atoms with Gasteiger partial charge in [0.2, 0.25) is 5.91 Å². The number of Topliss-reactive ketones (excluding diaryl/α,β-unsaturated/α-hetero) is 1. The third-order valence-corrected chi connectivity index (χ3v) is 2.17. The molecule has 0 fully saturated rings. The number of hydrogen-bond donors (Lipinski definition) is 1. The van der Waals surface area contributed by atoms with Gasteiger partial charge in [0.15, 0.2) is 5.78 Å². The molecule has 3 nitrogen and oxygen atoms in total. The first-order chi connectivity index (χ1) is 6.18. The smallest absolute Gasteiger partial charge is 0.228 e. The summed E-state index contributed by atoms with van der Waals surface area (Å²) in [5, 5.41) is 2.70. The highest BCUT2D eigenvalue weighted by molar-refractivity contribution is 6.05. The minimum atomic E-state index is -0.0382. The average molecular weight is 175 g/mol. The van der Waals surface area contributed by atoms with Gasteiger partial charge in [-0.2, -0.15) is 0 Å². The van der Waals surface area contributed by atoms with E-state index in [1.807, 2.05) is 6.07 Å². The Kier molecular flexibility index (Phi) is 1.65. The van der Waals surface area contributed by atoms with E-state index >= 15 is 0 Å². The van der Waals surface area contributed by atoms with Gasteiger partial charge in [0.05, 0.1) is 6.42 Å². The Morgan fingerprint density at radius 3 is 2.92 bits per heavy atom. The van der Waals surface area contributed by atoms with Crippen molar-refractivity contribution in [3.8, 4) is 0 Å².